The molecule has 1 aliphatic rings. The van der Waals surface area contributed by atoms with E-state index < -0.39 is 23.7 Å². The number of hydrogen-bond donors (Lipinski definition) is 0. The third-order valence-corrected chi connectivity index (χ3v) is 4.88. The van der Waals surface area contributed by atoms with E-state index in [1.54, 1.807) is 25.1 Å². The molecule has 1 fully saturated rings. The zero-order valence-electron chi connectivity index (χ0n) is 15.2. The van der Waals surface area contributed by atoms with Gasteiger partial charge in [0.15, 0.2) is 11.5 Å². The van der Waals surface area contributed by atoms with E-state index in [-0.39, 0.29) is 11.5 Å². The first-order valence-corrected chi connectivity index (χ1v) is 10.0. The number of hydrogen-bond acceptors (Lipinski definition) is 7. The van der Waals surface area contributed by atoms with Gasteiger partial charge in [-0.25, -0.2) is 0 Å². The fourth-order valence-electron chi connectivity index (χ4n) is 2.34. The van der Waals surface area contributed by atoms with Crippen molar-refractivity contribution >= 4 is 50.9 Å². The highest BCUT2D eigenvalue weighted by Crippen LogP contribution is 2.39. The smallest absolute Gasteiger partial charge is 0.326 e. The van der Waals surface area contributed by atoms with Gasteiger partial charge >= 0.3 is 5.97 Å². The lowest BCUT2D eigenvalue weighted by Gasteiger charge is -2.13. The number of imide groups is 1. The lowest BCUT2D eigenvalue weighted by molar-refractivity contribution is -0.145. The Kier molecular flexibility index (Phi) is 7.73. The van der Waals surface area contributed by atoms with Crippen LogP contribution in [0, 0.1) is 0 Å². The van der Waals surface area contributed by atoms with E-state index in [0.717, 1.165) is 16.7 Å². The van der Waals surface area contributed by atoms with Gasteiger partial charge in [-0.15, -0.1) is 0 Å². The largest absolute Gasteiger partial charge is 0.490 e. The molecule has 1 heterocycles. The van der Waals surface area contributed by atoms with E-state index in [0.29, 0.717) is 34.7 Å². The fourth-order valence-corrected chi connectivity index (χ4v) is 3.75. The molecule has 0 aliphatic carbocycles. The van der Waals surface area contributed by atoms with Gasteiger partial charge in [0, 0.05) is 0 Å². The highest BCUT2D eigenvalue weighted by atomic mass is 79.9. The lowest BCUT2D eigenvalue weighted by Crippen LogP contribution is -2.34. The first-order chi connectivity index (χ1) is 12.9. The van der Waals surface area contributed by atoms with Crippen molar-refractivity contribution in [3.8, 4) is 11.5 Å². The maximum atomic E-state index is 12.5. The van der Waals surface area contributed by atoms with Gasteiger partial charge in [0.05, 0.1) is 29.2 Å². The van der Waals surface area contributed by atoms with Crippen LogP contribution in [0.15, 0.2) is 21.5 Å². The van der Waals surface area contributed by atoms with E-state index in [1.165, 1.54) is 0 Å². The van der Waals surface area contributed by atoms with Crippen molar-refractivity contribution in [1.82, 2.24) is 4.90 Å². The van der Waals surface area contributed by atoms with Gasteiger partial charge in [0.1, 0.15) is 6.54 Å². The number of nitrogens with zero attached hydrogens (tertiary/aromatic N) is 1. The summed E-state index contributed by atoms with van der Waals surface area (Å²) < 4.78 is 16.7. The molecule has 0 saturated carbocycles. The summed E-state index contributed by atoms with van der Waals surface area (Å²) in [5.41, 5.74) is 0.662. The minimum atomic E-state index is -0.622. The minimum absolute atomic E-state index is 0.186. The van der Waals surface area contributed by atoms with Crippen LogP contribution in [0.2, 0.25) is 0 Å². The van der Waals surface area contributed by atoms with Gasteiger partial charge in [-0.3, -0.25) is 19.3 Å². The molecule has 1 aliphatic heterocycles. The van der Waals surface area contributed by atoms with Crippen LogP contribution in [0.4, 0.5) is 4.79 Å². The standard InChI is InChI=1S/C18H20BrNO6S/c1-4-24-13-8-11(7-12(19)16(13)26-6-3)9-14-17(22)20(18(23)27-14)10-15(21)25-5-2/h7-9H,4-6,10H2,1-3H3/b14-9-. The third-order valence-electron chi connectivity index (χ3n) is 3.38. The molecule has 0 aromatic heterocycles. The van der Waals surface area contributed by atoms with Gasteiger partial charge in [0.25, 0.3) is 11.1 Å². The Hall–Kier alpha value is -2.00. The average molecular weight is 458 g/mol. The molecule has 1 aromatic rings. The predicted molar refractivity (Wildman–Crippen MR) is 106 cm³/mol. The molecule has 1 saturated heterocycles. The number of carbonyl (C=O) groups is 3. The number of halogens is 1. The quantitative estimate of drug-likeness (QED) is 0.432. The number of carbonyl (C=O) groups excluding carboxylic acids is 3. The Labute approximate surface area is 170 Å². The van der Waals surface area contributed by atoms with Crippen molar-refractivity contribution in [1.29, 1.82) is 0 Å². The summed E-state index contributed by atoms with van der Waals surface area (Å²) in [5, 5.41) is -0.505. The number of rotatable bonds is 8. The molecule has 146 valence electrons. The summed E-state index contributed by atoms with van der Waals surface area (Å²) in [7, 11) is 0. The molecule has 0 bridgehead atoms. The maximum absolute atomic E-state index is 12.5. The monoisotopic (exact) mass is 457 g/mol. The summed E-state index contributed by atoms with van der Waals surface area (Å²) >= 11 is 4.22. The highest BCUT2D eigenvalue weighted by molar-refractivity contribution is 9.10. The first-order valence-electron chi connectivity index (χ1n) is 8.41. The SMILES string of the molecule is CCOC(=O)CN1C(=O)S/C(=C\c2cc(Br)c(OCC)c(OCC)c2)C1=O. The van der Waals surface area contributed by atoms with Gasteiger partial charge < -0.3 is 14.2 Å². The van der Waals surface area contributed by atoms with E-state index in [9.17, 15) is 14.4 Å². The van der Waals surface area contributed by atoms with Crippen LogP contribution >= 0.6 is 27.7 Å². The maximum Gasteiger partial charge on any atom is 0.326 e. The Morgan fingerprint density at radius 3 is 2.48 bits per heavy atom. The van der Waals surface area contributed by atoms with Crippen molar-refractivity contribution in [2.24, 2.45) is 0 Å². The van der Waals surface area contributed by atoms with Crippen LogP contribution in [0.5, 0.6) is 11.5 Å². The number of amides is 2. The van der Waals surface area contributed by atoms with Crippen LogP contribution in [-0.2, 0) is 14.3 Å². The average Bonchev–Trinajstić information content (AvgIpc) is 2.86. The van der Waals surface area contributed by atoms with Crippen LogP contribution < -0.4 is 9.47 Å². The summed E-state index contributed by atoms with van der Waals surface area (Å²) in [4.78, 5) is 37.2. The van der Waals surface area contributed by atoms with Gasteiger partial charge in [-0.05, 0) is 72.2 Å². The molecule has 1 aromatic carbocycles. The molecule has 9 heteroatoms. The molecule has 27 heavy (non-hydrogen) atoms. The normalized spacial score (nSPS) is 15.4. The molecule has 2 rings (SSSR count). The summed E-state index contributed by atoms with van der Waals surface area (Å²) in [5.74, 6) is -0.0397. The van der Waals surface area contributed by atoms with E-state index in [4.69, 9.17) is 14.2 Å². The number of esters is 1. The highest BCUT2D eigenvalue weighted by Gasteiger charge is 2.36. The molecule has 0 spiro atoms. The van der Waals surface area contributed by atoms with Crippen molar-refractivity contribution in [2.45, 2.75) is 20.8 Å². The second kappa shape index (κ2) is 9.80. The Morgan fingerprint density at radius 1 is 1.15 bits per heavy atom. The van der Waals surface area contributed by atoms with Crippen molar-refractivity contribution in [2.75, 3.05) is 26.4 Å². The van der Waals surface area contributed by atoms with Gasteiger partial charge in [0.2, 0.25) is 0 Å². The lowest BCUT2D eigenvalue weighted by atomic mass is 10.2. The fraction of sp³-hybridized carbons (Fsp3) is 0.389. The molecule has 0 unspecified atom stereocenters. The van der Waals surface area contributed by atoms with Crippen molar-refractivity contribution in [3.63, 3.8) is 0 Å². The molecule has 0 atom stereocenters. The second-order valence-corrected chi connectivity index (χ2v) is 7.12. The number of benzene rings is 1. The Balaban J connectivity index is 2.29. The molecule has 0 N–H and O–H groups in total. The second-order valence-electron chi connectivity index (χ2n) is 5.27. The zero-order valence-corrected chi connectivity index (χ0v) is 17.6. The predicted octanol–water partition coefficient (Wildman–Crippen LogP) is 3.85. The third kappa shape index (κ3) is 5.26. The molecule has 2 amide bonds. The number of ether oxygens (including phenoxy) is 3. The molecule has 0 radical (unpaired) electrons. The summed E-state index contributed by atoms with van der Waals surface area (Å²) in [6.45, 7) is 6.10. The first kappa shape index (κ1) is 21.3. The van der Waals surface area contributed by atoms with Crippen LogP contribution in [0.1, 0.15) is 26.3 Å². The summed E-state index contributed by atoms with van der Waals surface area (Å²) in [6.07, 6.45) is 1.58. The number of thioether (sulfide) groups is 1. The van der Waals surface area contributed by atoms with Crippen LogP contribution in [0.25, 0.3) is 6.08 Å². The Morgan fingerprint density at radius 2 is 1.85 bits per heavy atom. The molecular formula is C18H20BrNO6S. The van der Waals surface area contributed by atoms with E-state index in [2.05, 4.69) is 15.9 Å². The summed E-state index contributed by atoms with van der Waals surface area (Å²) in [6, 6.07) is 3.51. The molecular weight excluding hydrogens is 438 g/mol. The van der Waals surface area contributed by atoms with E-state index >= 15 is 0 Å². The van der Waals surface area contributed by atoms with Gasteiger partial charge in [-0.2, -0.15) is 0 Å². The van der Waals surface area contributed by atoms with Crippen molar-refractivity contribution < 1.29 is 28.6 Å². The minimum Gasteiger partial charge on any atom is -0.490 e. The van der Waals surface area contributed by atoms with E-state index in [1.807, 2.05) is 13.8 Å². The molecule has 7 nitrogen and oxygen atoms in total. The zero-order chi connectivity index (χ0) is 20.0. The van der Waals surface area contributed by atoms with Crippen molar-refractivity contribution in [3.05, 3.63) is 27.1 Å². The Bertz CT molecular complexity index is 779. The van der Waals surface area contributed by atoms with Gasteiger partial charge in [-0.1, -0.05) is 0 Å². The van der Waals surface area contributed by atoms with Crippen LogP contribution in [-0.4, -0.2) is 48.4 Å². The topological polar surface area (TPSA) is 82.1 Å². The van der Waals surface area contributed by atoms with Crippen LogP contribution in [0.3, 0.4) is 0 Å².